The lowest BCUT2D eigenvalue weighted by atomic mass is 10.00. The Morgan fingerprint density at radius 2 is 1.50 bits per heavy atom. The van der Waals surface area contributed by atoms with E-state index in [1.807, 2.05) is 54.2 Å². The van der Waals surface area contributed by atoms with Crippen molar-refractivity contribution in [3.8, 4) is 11.5 Å². The summed E-state index contributed by atoms with van der Waals surface area (Å²) in [5.74, 6) is 0.509. The van der Waals surface area contributed by atoms with Crippen molar-refractivity contribution in [2.75, 3.05) is 7.05 Å². The van der Waals surface area contributed by atoms with Gasteiger partial charge in [0.15, 0.2) is 17.3 Å². The van der Waals surface area contributed by atoms with Crippen LogP contribution in [0.2, 0.25) is 0 Å². The summed E-state index contributed by atoms with van der Waals surface area (Å²) in [4.78, 5) is 27.0. The zero-order valence-corrected chi connectivity index (χ0v) is 15.3. The molecule has 2 aliphatic rings. The minimum Gasteiger partial charge on any atom is -0.457 e. The number of benzene rings is 2. The predicted molar refractivity (Wildman–Crippen MR) is 103 cm³/mol. The molecule has 138 valence electrons. The summed E-state index contributed by atoms with van der Waals surface area (Å²) in [6.45, 7) is 0. The smallest absolute Gasteiger partial charge is 0.265 e. The highest BCUT2D eigenvalue weighted by Crippen LogP contribution is 2.40. The number of likely N-dealkylation sites (N-methyl/N-ethyl adjacent to an activating group) is 1. The normalized spacial score (nSPS) is 16.2. The first kappa shape index (κ1) is 16.4. The molecule has 0 fully saturated rings. The van der Waals surface area contributed by atoms with Crippen molar-refractivity contribution >= 4 is 28.3 Å². The maximum absolute atomic E-state index is 13.0. The molecule has 0 atom stereocenters. The highest BCUT2D eigenvalue weighted by atomic mass is 16.6. The van der Waals surface area contributed by atoms with Gasteiger partial charge in [0, 0.05) is 36.8 Å². The number of aromatic nitrogens is 1. The zero-order valence-electron chi connectivity index (χ0n) is 15.3. The molecule has 0 spiro atoms. The van der Waals surface area contributed by atoms with Crippen LogP contribution in [-0.2, 0) is 16.6 Å². The minimum absolute atomic E-state index is 0.207. The van der Waals surface area contributed by atoms with E-state index in [9.17, 15) is 9.59 Å². The Hall–Kier alpha value is -3.80. The molecule has 3 aromatic rings. The molecule has 6 nitrogen and oxygen atoms in total. The van der Waals surface area contributed by atoms with Crippen LogP contribution in [-0.4, -0.2) is 28.3 Å². The van der Waals surface area contributed by atoms with Crippen molar-refractivity contribution in [2.24, 2.45) is 7.05 Å². The lowest BCUT2D eigenvalue weighted by molar-refractivity contribution is -0.135. The van der Waals surface area contributed by atoms with Crippen molar-refractivity contribution in [1.29, 1.82) is 0 Å². The highest BCUT2D eigenvalue weighted by molar-refractivity contribution is 6.38. The molecule has 6 heteroatoms. The van der Waals surface area contributed by atoms with E-state index in [1.54, 1.807) is 12.1 Å². The number of carbonyl (C=O) groups is 2. The Bertz CT molecular complexity index is 1230. The number of hydrogen-bond acceptors (Lipinski definition) is 4. The van der Waals surface area contributed by atoms with Crippen molar-refractivity contribution in [2.45, 2.75) is 0 Å². The second-order valence-corrected chi connectivity index (χ2v) is 6.74. The first-order valence-electron chi connectivity index (χ1n) is 8.81. The molecule has 0 radical (unpaired) electrons. The Labute approximate surface area is 160 Å². The third kappa shape index (κ3) is 2.21. The molecule has 0 N–H and O–H groups in total. The quantitative estimate of drug-likeness (QED) is 0.648. The number of nitrogens with zero attached hydrogens (tertiary/aromatic N) is 2. The molecule has 0 saturated carbocycles. The molecular weight excluding hydrogens is 356 g/mol. The van der Waals surface area contributed by atoms with E-state index in [0.717, 1.165) is 15.8 Å². The number of ether oxygens (including phenoxy) is 2. The maximum Gasteiger partial charge on any atom is 0.265 e. The topological polar surface area (TPSA) is 60.8 Å². The SMILES string of the molecule is CN1C(=O)C(C2=COc3ccccc3O2)=C(c2cn(C)c3ccccc23)C1=O. The lowest BCUT2D eigenvalue weighted by Gasteiger charge is -2.18. The van der Waals surface area contributed by atoms with Gasteiger partial charge in [-0.15, -0.1) is 0 Å². The van der Waals surface area contributed by atoms with Crippen LogP contribution in [0.25, 0.3) is 16.5 Å². The van der Waals surface area contributed by atoms with E-state index in [1.165, 1.54) is 13.3 Å². The molecule has 0 bridgehead atoms. The van der Waals surface area contributed by atoms with Crippen LogP contribution in [0, 0.1) is 0 Å². The summed E-state index contributed by atoms with van der Waals surface area (Å²) in [5.41, 5.74) is 2.19. The Balaban J connectivity index is 1.73. The average Bonchev–Trinajstić information content (AvgIpc) is 3.17. The van der Waals surface area contributed by atoms with E-state index in [-0.39, 0.29) is 17.2 Å². The molecule has 0 aliphatic carbocycles. The van der Waals surface area contributed by atoms with Gasteiger partial charge >= 0.3 is 0 Å². The van der Waals surface area contributed by atoms with E-state index in [2.05, 4.69) is 0 Å². The fourth-order valence-corrected chi connectivity index (χ4v) is 3.66. The third-order valence-electron chi connectivity index (χ3n) is 5.06. The number of hydrogen-bond donors (Lipinski definition) is 0. The standard InChI is InChI=1S/C22H16N2O4/c1-23-11-14(13-7-3-4-8-15(13)23)19-20(22(26)24(2)21(19)25)18-12-27-16-9-5-6-10-17(16)28-18/h3-12H,1-2H3. The van der Waals surface area contributed by atoms with Crippen molar-refractivity contribution in [3.63, 3.8) is 0 Å². The van der Waals surface area contributed by atoms with Crippen LogP contribution in [0.15, 0.2) is 72.3 Å². The predicted octanol–water partition coefficient (Wildman–Crippen LogP) is 3.24. The van der Waals surface area contributed by atoms with Gasteiger partial charge in [0.25, 0.3) is 11.8 Å². The van der Waals surface area contributed by atoms with E-state index >= 15 is 0 Å². The molecule has 0 unspecified atom stereocenters. The van der Waals surface area contributed by atoms with Crippen LogP contribution in [0.1, 0.15) is 5.56 Å². The average molecular weight is 372 g/mol. The summed E-state index contributed by atoms with van der Waals surface area (Å²) in [5, 5.41) is 0.895. The Morgan fingerprint density at radius 1 is 0.821 bits per heavy atom. The summed E-state index contributed by atoms with van der Waals surface area (Å²) in [6.07, 6.45) is 3.25. The van der Waals surface area contributed by atoms with Crippen LogP contribution in [0.5, 0.6) is 11.5 Å². The van der Waals surface area contributed by atoms with Gasteiger partial charge in [-0.1, -0.05) is 30.3 Å². The number of imide groups is 1. The third-order valence-corrected chi connectivity index (χ3v) is 5.06. The molecule has 5 rings (SSSR count). The number of rotatable bonds is 2. The largest absolute Gasteiger partial charge is 0.457 e. The van der Waals surface area contributed by atoms with E-state index in [0.29, 0.717) is 22.6 Å². The fourth-order valence-electron chi connectivity index (χ4n) is 3.66. The van der Waals surface area contributed by atoms with Crippen molar-refractivity contribution in [1.82, 2.24) is 9.47 Å². The Kier molecular flexibility index (Phi) is 3.42. The monoisotopic (exact) mass is 372 g/mol. The molecule has 3 heterocycles. The fraction of sp³-hybridized carbons (Fsp3) is 0.0909. The van der Waals surface area contributed by atoms with Gasteiger partial charge in [-0.2, -0.15) is 0 Å². The number of fused-ring (bicyclic) bond motifs is 2. The molecule has 0 saturated heterocycles. The van der Waals surface area contributed by atoms with Crippen molar-refractivity contribution in [3.05, 3.63) is 77.9 Å². The number of para-hydroxylation sites is 3. The van der Waals surface area contributed by atoms with E-state index < -0.39 is 5.91 Å². The molecule has 2 aromatic carbocycles. The second-order valence-electron chi connectivity index (χ2n) is 6.74. The molecular formula is C22H16N2O4. The minimum atomic E-state index is -0.415. The summed E-state index contributed by atoms with van der Waals surface area (Å²) < 4.78 is 13.5. The van der Waals surface area contributed by atoms with Gasteiger partial charge in [0.05, 0.1) is 11.1 Å². The highest BCUT2D eigenvalue weighted by Gasteiger charge is 2.41. The van der Waals surface area contributed by atoms with Crippen LogP contribution < -0.4 is 9.47 Å². The summed E-state index contributed by atoms with van der Waals surface area (Å²) in [7, 11) is 3.38. The van der Waals surface area contributed by atoms with Crippen LogP contribution >= 0.6 is 0 Å². The number of carbonyl (C=O) groups excluding carboxylic acids is 2. The first-order valence-corrected chi connectivity index (χ1v) is 8.81. The van der Waals surface area contributed by atoms with Gasteiger partial charge in [0.1, 0.15) is 6.26 Å². The summed E-state index contributed by atoms with van der Waals surface area (Å²) in [6, 6.07) is 14.9. The van der Waals surface area contributed by atoms with Gasteiger partial charge < -0.3 is 14.0 Å². The number of amides is 2. The van der Waals surface area contributed by atoms with Gasteiger partial charge in [-0.25, -0.2) is 0 Å². The first-order chi connectivity index (χ1) is 13.6. The second kappa shape index (κ2) is 5.85. The van der Waals surface area contributed by atoms with E-state index in [4.69, 9.17) is 9.47 Å². The molecule has 28 heavy (non-hydrogen) atoms. The lowest BCUT2D eigenvalue weighted by Crippen LogP contribution is -2.27. The summed E-state index contributed by atoms with van der Waals surface area (Å²) >= 11 is 0. The molecule has 1 aromatic heterocycles. The van der Waals surface area contributed by atoms with Crippen LogP contribution in [0.3, 0.4) is 0 Å². The maximum atomic E-state index is 13.0. The van der Waals surface area contributed by atoms with Gasteiger partial charge in [-0.05, 0) is 18.2 Å². The molecule has 2 amide bonds. The number of aryl methyl sites for hydroxylation is 1. The van der Waals surface area contributed by atoms with Crippen LogP contribution in [0.4, 0.5) is 0 Å². The Morgan fingerprint density at radius 3 is 2.32 bits per heavy atom. The van der Waals surface area contributed by atoms with Gasteiger partial charge in [-0.3, -0.25) is 14.5 Å². The van der Waals surface area contributed by atoms with Gasteiger partial charge in [0.2, 0.25) is 0 Å². The van der Waals surface area contributed by atoms with Crippen molar-refractivity contribution < 1.29 is 19.1 Å². The molecule has 2 aliphatic heterocycles. The zero-order chi connectivity index (χ0) is 19.4.